The number of halogens is 1. The molecule has 164 valence electrons. The summed E-state index contributed by atoms with van der Waals surface area (Å²) in [6.45, 7) is 1.89. The van der Waals surface area contributed by atoms with E-state index in [-0.39, 0.29) is 18.9 Å². The number of amides is 2. The van der Waals surface area contributed by atoms with Crippen LogP contribution in [0.3, 0.4) is 0 Å². The van der Waals surface area contributed by atoms with Gasteiger partial charge in [-0.2, -0.15) is 0 Å². The number of hydrogen-bond acceptors (Lipinski definition) is 4. The molecular formula is C25H23FN2O4. The minimum Gasteiger partial charge on any atom is -0.497 e. The van der Waals surface area contributed by atoms with Crippen molar-refractivity contribution >= 4 is 23.4 Å². The summed E-state index contributed by atoms with van der Waals surface area (Å²) in [5.74, 6) is -0.207. The number of hydrogen-bond donors (Lipinski definition) is 1. The number of ether oxygens (including phenoxy) is 2. The highest BCUT2D eigenvalue weighted by Crippen LogP contribution is 2.47. The van der Waals surface area contributed by atoms with E-state index in [0.29, 0.717) is 22.7 Å². The van der Waals surface area contributed by atoms with Crippen molar-refractivity contribution in [3.63, 3.8) is 0 Å². The van der Waals surface area contributed by atoms with Gasteiger partial charge in [0, 0.05) is 11.3 Å². The zero-order valence-electron chi connectivity index (χ0n) is 17.8. The van der Waals surface area contributed by atoms with Gasteiger partial charge >= 0.3 is 6.09 Å². The number of rotatable bonds is 6. The standard InChI is InChI=1S/C25H23FN2O4/c1-3-25(27-24(30)32-16-17-7-5-4-6-8-17)21-15-20(31-2)13-14-22(21)28(23(25)29)19-11-9-18(26)10-12-19/h4-15H,3,16H2,1-2H3,(H,27,30). The number of carbonyl (C=O) groups is 2. The first-order valence-corrected chi connectivity index (χ1v) is 10.3. The van der Waals surface area contributed by atoms with Crippen molar-refractivity contribution < 1.29 is 23.5 Å². The van der Waals surface area contributed by atoms with E-state index in [2.05, 4.69) is 5.32 Å². The van der Waals surface area contributed by atoms with Crippen molar-refractivity contribution in [2.24, 2.45) is 0 Å². The van der Waals surface area contributed by atoms with Gasteiger partial charge in [-0.25, -0.2) is 9.18 Å². The van der Waals surface area contributed by atoms with Gasteiger partial charge in [0.25, 0.3) is 5.91 Å². The Bertz CT molecular complexity index is 1130. The van der Waals surface area contributed by atoms with Crippen LogP contribution in [0.25, 0.3) is 0 Å². The average Bonchev–Trinajstić information content (AvgIpc) is 3.06. The molecule has 0 bridgehead atoms. The summed E-state index contributed by atoms with van der Waals surface area (Å²) < 4.78 is 24.2. The number of nitrogens with zero attached hydrogens (tertiary/aromatic N) is 1. The number of fused-ring (bicyclic) bond motifs is 1. The lowest BCUT2D eigenvalue weighted by atomic mass is 9.88. The highest BCUT2D eigenvalue weighted by molar-refractivity contribution is 6.13. The number of alkyl carbamates (subject to hydrolysis) is 1. The third kappa shape index (κ3) is 3.77. The Morgan fingerprint density at radius 3 is 2.44 bits per heavy atom. The highest BCUT2D eigenvalue weighted by atomic mass is 19.1. The molecule has 0 spiro atoms. The molecule has 3 aromatic carbocycles. The zero-order valence-corrected chi connectivity index (χ0v) is 17.8. The maximum absolute atomic E-state index is 13.7. The molecule has 0 fully saturated rings. The molecule has 1 aliphatic heterocycles. The predicted molar refractivity (Wildman–Crippen MR) is 118 cm³/mol. The molecule has 2 amide bonds. The summed E-state index contributed by atoms with van der Waals surface area (Å²) in [6.07, 6.45) is -0.428. The first kappa shape index (κ1) is 21.4. The second-order valence-corrected chi connectivity index (χ2v) is 7.45. The first-order valence-electron chi connectivity index (χ1n) is 10.3. The van der Waals surface area contributed by atoms with E-state index in [0.717, 1.165) is 5.56 Å². The number of carbonyl (C=O) groups excluding carboxylic acids is 2. The van der Waals surface area contributed by atoms with Crippen molar-refractivity contribution in [1.29, 1.82) is 0 Å². The lowest BCUT2D eigenvalue weighted by molar-refractivity contribution is -0.123. The van der Waals surface area contributed by atoms with Crippen LogP contribution >= 0.6 is 0 Å². The van der Waals surface area contributed by atoms with Gasteiger partial charge in [0.1, 0.15) is 23.7 Å². The van der Waals surface area contributed by atoms with Crippen LogP contribution in [0.5, 0.6) is 5.75 Å². The van der Waals surface area contributed by atoms with Crippen molar-refractivity contribution in [3.8, 4) is 5.75 Å². The molecule has 1 atom stereocenters. The van der Waals surface area contributed by atoms with Gasteiger partial charge in [-0.15, -0.1) is 0 Å². The van der Waals surface area contributed by atoms with Crippen LogP contribution < -0.4 is 15.0 Å². The van der Waals surface area contributed by atoms with E-state index in [9.17, 15) is 14.0 Å². The molecule has 3 aromatic rings. The number of anilines is 2. The minimum atomic E-state index is -1.36. The summed E-state index contributed by atoms with van der Waals surface area (Å²) in [4.78, 5) is 28.0. The molecule has 0 saturated heterocycles. The highest BCUT2D eigenvalue weighted by Gasteiger charge is 2.52. The van der Waals surface area contributed by atoms with Gasteiger partial charge in [0.2, 0.25) is 0 Å². The van der Waals surface area contributed by atoms with Crippen LogP contribution in [0.1, 0.15) is 24.5 Å². The molecular weight excluding hydrogens is 411 g/mol. The van der Waals surface area contributed by atoms with Crippen molar-refractivity contribution in [1.82, 2.24) is 5.32 Å². The van der Waals surface area contributed by atoms with E-state index in [1.807, 2.05) is 37.3 Å². The fourth-order valence-electron chi connectivity index (χ4n) is 3.93. The van der Waals surface area contributed by atoms with Crippen LogP contribution in [0, 0.1) is 5.82 Å². The topological polar surface area (TPSA) is 67.9 Å². The van der Waals surface area contributed by atoms with Gasteiger partial charge in [-0.05, 0) is 54.4 Å². The molecule has 7 heteroatoms. The summed E-state index contributed by atoms with van der Waals surface area (Å²) in [6, 6.07) is 20.1. The van der Waals surface area contributed by atoms with E-state index in [1.54, 1.807) is 18.2 Å². The molecule has 1 unspecified atom stereocenters. The van der Waals surface area contributed by atoms with Crippen LogP contribution in [0.15, 0.2) is 72.8 Å². The molecule has 32 heavy (non-hydrogen) atoms. The van der Waals surface area contributed by atoms with Crippen molar-refractivity contribution in [3.05, 3.63) is 89.7 Å². The second kappa shape index (κ2) is 8.70. The van der Waals surface area contributed by atoms with E-state index in [1.165, 1.54) is 36.3 Å². The quantitative estimate of drug-likeness (QED) is 0.590. The third-order valence-corrected chi connectivity index (χ3v) is 5.62. The molecule has 6 nitrogen and oxygen atoms in total. The largest absolute Gasteiger partial charge is 0.497 e. The SMILES string of the molecule is CCC1(NC(=O)OCc2ccccc2)C(=O)N(c2ccc(F)cc2)c2ccc(OC)cc21. The van der Waals surface area contributed by atoms with Gasteiger partial charge < -0.3 is 14.8 Å². The molecule has 0 saturated carbocycles. The molecule has 1 aliphatic rings. The average molecular weight is 434 g/mol. The normalized spacial score (nSPS) is 17.1. The monoisotopic (exact) mass is 434 g/mol. The van der Waals surface area contributed by atoms with Gasteiger partial charge in [-0.3, -0.25) is 9.69 Å². The summed E-state index contributed by atoms with van der Waals surface area (Å²) in [5.41, 5.74) is 1.16. The maximum atomic E-state index is 13.7. The van der Waals surface area contributed by atoms with Crippen LogP contribution in [0.2, 0.25) is 0 Å². The Morgan fingerprint density at radius 1 is 1.06 bits per heavy atom. The summed E-state index contributed by atoms with van der Waals surface area (Å²) in [7, 11) is 1.53. The fourth-order valence-corrected chi connectivity index (χ4v) is 3.93. The van der Waals surface area contributed by atoms with E-state index >= 15 is 0 Å². The van der Waals surface area contributed by atoms with E-state index in [4.69, 9.17) is 9.47 Å². The Labute approximate surface area is 185 Å². The number of nitrogens with one attached hydrogen (secondary N) is 1. The Morgan fingerprint density at radius 2 is 1.78 bits per heavy atom. The molecule has 1 N–H and O–H groups in total. The van der Waals surface area contributed by atoms with Crippen LogP contribution in [-0.4, -0.2) is 19.1 Å². The first-order chi connectivity index (χ1) is 15.5. The Hall–Kier alpha value is -3.87. The Kier molecular flexibility index (Phi) is 5.81. The van der Waals surface area contributed by atoms with Crippen molar-refractivity contribution in [2.75, 3.05) is 12.0 Å². The maximum Gasteiger partial charge on any atom is 0.408 e. The predicted octanol–water partition coefficient (Wildman–Crippen LogP) is 5.04. The third-order valence-electron chi connectivity index (χ3n) is 5.62. The van der Waals surface area contributed by atoms with Gasteiger partial charge in [0.15, 0.2) is 0 Å². The lowest BCUT2D eigenvalue weighted by Gasteiger charge is -2.28. The smallest absolute Gasteiger partial charge is 0.408 e. The number of benzene rings is 3. The fraction of sp³-hybridized carbons (Fsp3) is 0.200. The van der Waals surface area contributed by atoms with Crippen molar-refractivity contribution in [2.45, 2.75) is 25.5 Å². The second-order valence-electron chi connectivity index (χ2n) is 7.45. The van der Waals surface area contributed by atoms with Gasteiger partial charge in [0.05, 0.1) is 12.8 Å². The molecule has 0 radical (unpaired) electrons. The van der Waals surface area contributed by atoms with Crippen LogP contribution in [-0.2, 0) is 21.7 Å². The van der Waals surface area contributed by atoms with Crippen LogP contribution in [0.4, 0.5) is 20.6 Å². The molecule has 1 heterocycles. The summed E-state index contributed by atoms with van der Waals surface area (Å²) in [5, 5.41) is 2.80. The lowest BCUT2D eigenvalue weighted by Crippen LogP contribution is -2.52. The van der Waals surface area contributed by atoms with Gasteiger partial charge in [-0.1, -0.05) is 37.3 Å². The summed E-state index contributed by atoms with van der Waals surface area (Å²) >= 11 is 0. The molecule has 4 rings (SSSR count). The zero-order chi connectivity index (χ0) is 22.7. The number of methoxy groups -OCH3 is 1. The Balaban J connectivity index is 1.69. The van der Waals surface area contributed by atoms with E-state index < -0.39 is 17.4 Å². The molecule has 0 aliphatic carbocycles. The molecule has 0 aromatic heterocycles. The minimum absolute atomic E-state index is 0.0767.